The number of amides is 2. The number of imide groups is 1. The smallest absolute Gasteiger partial charge is 0.329 e. The number of carbonyl (C=O) groups is 2. The van der Waals surface area contributed by atoms with E-state index in [1.807, 2.05) is 18.2 Å². The molecule has 3 saturated heterocycles. The van der Waals surface area contributed by atoms with Gasteiger partial charge in [0.15, 0.2) is 0 Å². The zero-order valence-corrected chi connectivity index (χ0v) is 23.3. The molecule has 0 aliphatic carbocycles. The molecule has 2 N–H and O–H groups in total. The van der Waals surface area contributed by atoms with Gasteiger partial charge >= 0.3 is 5.69 Å². The zero-order valence-electron chi connectivity index (χ0n) is 23.3. The fraction of sp³-hybridized carbons (Fsp3) is 0.500. The number of fused-ring (bicyclic) bond motifs is 1. The van der Waals surface area contributed by atoms with Gasteiger partial charge in [0, 0.05) is 38.3 Å². The first-order valence-corrected chi connectivity index (χ1v) is 14.1. The van der Waals surface area contributed by atoms with Gasteiger partial charge in [0.25, 0.3) is 0 Å². The molecule has 3 aliphatic rings. The Balaban J connectivity index is 0.000000292. The molecule has 3 fully saturated rings. The molecular formula is C30H40N6O3. The van der Waals surface area contributed by atoms with Gasteiger partial charge in [-0.25, -0.2) is 4.79 Å². The SMILES string of the molecule is CN(C)C1CCNCC1.Cn1c(=O)n(C2CCC(=O)NC2=O)c2ccc(-c3ccc(N4CCCC4)cc3)cc21. The summed E-state index contributed by atoms with van der Waals surface area (Å²) in [7, 11) is 6.04. The number of hydrogen-bond donors (Lipinski definition) is 2. The van der Waals surface area contributed by atoms with E-state index in [-0.39, 0.29) is 18.0 Å². The van der Waals surface area contributed by atoms with Crippen molar-refractivity contribution in [3.05, 3.63) is 52.9 Å². The van der Waals surface area contributed by atoms with E-state index in [1.54, 1.807) is 11.6 Å². The van der Waals surface area contributed by atoms with E-state index in [9.17, 15) is 14.4 Å². The van der Waals surface area contributed by atoms with Gasteiger partial charge in [-0.15, -0.1) is 0 Å². The van der Waals surface area contributed by atoms with Gasteiger partial charge in [-0.05, 0) is 94.7 Å². The minimum absolute atomic E-state index is 0.237. The minimum Gasteiger partial charge on any atom is -0.372 e. The number of nitrogens with zero attached hydrogens (tertiary/aromatic N) is 4. The third-order valence-electron chi connectivity index (χ3n) is 8.32. The lowest BCUT2D eigenvalue weighted by Gasteiger charge is -2.28. The first-order chi connectivity index (χ1) is 18.8. The summed E-state index contributed by atoms with van der Waals surface area (Å²) in [5.74, 6) is -0.702. The molecule has 208 valence electrons. The third-order valence-corrected chi connectivity index (χ3v) is 8.32. The Kier molecular flexibility index (Phi) is 8.18. The topological polar surface area (TPSA) is 91.6 Å². The first kappa shape index (κ1) is 27.1. The molecule has 0 spiro atoms. The summed E-state index contributed by atoms with van der Waals surface area (Å²) in [6, 6.07) is 14.6. The second-order valence-corrected chi connectivity index (χ2v) is 11.1. The van der Waals surface area contributed by atoms with Crippen molar-refractivity contribution in [2.24, 2.45) is 7.05 Å². The molecule has 0 bridgehead atoms. The predicted octanol–water partition coefficient (Wildman–Crippen LogP) is 2.88. The molecule has 0 saturated carbocycles. The fourth-order valence-electron chi connectivity index (χ4n) is 5.94. The molecule has 9 nitrogen and oxygen atoms in total. The predicted molar refractivity (Wildman–Crippen MR) is 155 cm³/mol. The maximum absolute atomic E-state index is 12.9. The second-order valence-electron chi connectivity index (χ2n) is 11.1. The number of carbonyl (C=O) groups excluding carboxylic acids is 2. The highest BCUT2D eigenvalue weighted by Gasteiger charge is 2.31. The van der Waals surface area contributed by atoms with Crippen molar-refractivity contribution < 1.29 is 9.59 Å². The van der Waals surface area contributed by atoms with E-state index in [0.717, 1.165) is 35.8 Å². The maximum Gasteiger partial charge on any atom is 0.329 e. The van der Waals surface area contributed by atoms with Crippen LogP contribution in [0.3, 0.4) is 0 Å². The molecule has 3 aromatic rings. The van der Waals surface area contributed by atoms with Crippen LogP contribution < -0.4 is 21.2 Å². The quantitative estimate of drug-likeness (QED) is 0.502. The average Bonchev–Trinajstić information content (AvgIpc) is 3.57. The highest BCUT2D eigenvalue weighted by atomic mass is 16.2. The van der Waals surface area contributed by atoms with Crippen molar-refractivity contribution in [1.82, 2.24) is 24.7 Å². The molecule has 2 amide bonds. The summed E-state index contributed by atoms with van der Waals surface area (Å²) < 4.78 is 3.08. The highest BCUT2D eigenvalue weighted by molar-refractivity contribution is 6.00. The summed E-state index contributed by atoms with van der Waals surface area (Å²) in [4.78, 5) is 41.5. The van der Waals surface area contributed by atoms with E-state index in [1.165, 1.54) is 49.0 Å². The number of nitrogens with one attached hydrogen (secondary N) is 2. The maximum atomic E-state index is 12.9. The van der Waals surface area contributed by atoms with Crippen LogP contribution in [0.2, 0.25) is 0 Å². The van der Waals surface area contributed by atoms with E-state index < -0.39 is 11.9 Å². The average molecular weight is 533 g/mol. The molecular weight excluding hydrogens is 492 g/mol. The van der Waals surface area contributed by atoms with Crippen LogP contribution in [0, 0.1) is 0 Å². The van der Waals surface area contributed by atoms with Gasteiger partial charge in [0.2, 0.25) is 11.8 Å². The number of hydrogen-bond acceptors (Lipinski definition) is 6. The lowest BCUT2D eigenvalue weighted by molar-refractivity contribution is -0.135. The highest BCUT2D eigenvalue weighted by Crippen LogP contribution is 2.29. The van der Waals surface area contributed by atoms with Crippen LogP contribution in [0.1, 0.15) is 44.6 Å². The Morgan fingerprint density at radius 1 is 0.846 bits per heavy atom. The lowest BCUT2D eigenvalue weighted by atomic mass is 10.0. The van der Waals surface area contributed by atoms with E-state index in [2.05, 4.69) is 58.8 Å². The van der Waals surface area contributed by atoms with Crippen molar-refractivity contribution in [1.29, 1.82) is 0 Å². The monoisotopic (exact) mass is 532 g/mol. The van der Waals surface area contributed by atoms with Crippen LogP contribution >= 0.6 is 0 Å². The van der Waals surface area contributed by atoms with Gasteiger partial charge in [-0.3, -0.25) is 24.0 Å². The minimum atomic E-state index is -0.663. The van der Waals surface area contributed by atoms with Crippen molar-refractivity contribution in [2.45, 2.75) is 50.6 Å². The number of benzene rings is 2. The molecule has 4 heterocycles. The van der Waals surface area contributed by atoms with Crippen molar-refractivity contribution in [3.8, 4) is 11.1 Å². The Labute approximate surface area is 229 Å². The Bertz CT molecular complexity index is 1380. The first-order valence-electron chi connectivity index (χ1n) is 14.1. The Hall–Kier alpha value is -3.43. The molecule has 1 atom stereocenters. The summed E-state index contributed by atoms with van der Waals surface area (Å²) in [5, 5.41) is 5.69. The molecule has 1 unspecified atom stereocenters. The van der Waals surface area contributed by atoms with Crippen LogP contribution in [0.15, 0.2) is 47.3 Å². The van der Waals surface area contributed by atoms with Crippen LogP contribution in [-0.2, 0) is 16.6 Å². The van der Waals surface area contributed by atoms with Crippen LogP contribution in [0.5, 0.6) is 0 Å². The second kappa shape index (κ2) is 11.8. The Morgan fingerprint density at radius 3 is 2.13 bits per heavy atom. The van der Waals surface area contributed by atoms with Gasteiger partial charge in [-0.2, -0.15) is 0 Å². The van der Waals surface area contributed by atoms with Crippen molar-refractivity contribution >= 4 is 28.5 Å². The van der Waals surface area contributed by atoms with E-state index >= 15 is 0 Å². The summed E-state index contributed by atoms with van der Waals surface area (Å²) in [6.07, 6.45) is 5.69. The number of aromatic nitrogens is 2. The normalized spacial score (nSPS) is 20.3. The van der Waals surface area contributed by atoms with Gasteiger partial charge in [-0.1, -0.05) is 18.2 Å². The van der Waals surface area contributed by atoms with Crippen LogP contribution in [-0.4, -0.2) is 72.2 Å². The van der Waals surface area contributed by atoms with E-state index in [4.69, 9.17) is 0 Å². The molecule has 1 aromatic heterocycles. The largest absolute Gasteiger partial charge is 0.372 e. The van der Waals surface area contributed by atoms with Gasteiger partial charge < -0.3 is 15.1 Å². The standard InChI is InChI=1S/C23H24N4O3.C7H16N2/c1-25-20-14-16(15-4-7-17(8-5-15)26-12-2-3-13-26)6-9-18(20)27(23(25)30)19-10-11-21(28)24-22(19)29;1-9(2)7-3-5-8-6-4-7/h4-9,14,19H,2-3,10-13H2,1H3,(H,24,28,29);7-8H,3-6H2,1-2H3. The number of imidazole rings is 1. The lowest BCUT2D eigenvalue weighted by Crippen LogP contribution is -2.44. The number of rotatable bonds is 4. The molecule has 2 aromatic carbocycles. The van der Waals surface area contributed by atoms with Crippen LogP contribution in [0.4, 0.5) is 5.69 Å². The molecule has 9 heteroatoms. The summed E-state index contributed by atoms with van der Waals surface area (Å²) in [5.41, 5.74) is 4.57. The molecule has 0 radical (unpaired) electrons. The Morgan fingerprint density at radius 2 is 1.51 bits per heavy atom. The van der Waals surface area contributed by atoms with E-state index in [0.29, 0.717) is 11.9 Å². The third kappa shape index (κ3) is 5.79. The fourth-order valence-corrected chi connectivity index (χ4v) is 5.94. The van der Waals surface area contributed by atoms with Gasteiger partial charge in [0.05, 0.1) is 11.0 Å². The zero-order chi connectivity index (χ0) is 27.5. The number of aryl methyl sites for hydroxylation is 1. The number of piperidine rings is 2. The molecule has 39 heavy (non-hydrogen) atoms. The summed E-state index contributed by atoms with van der Waals surface area (Å²) >= 11 is 0. The molecule has 3 aliphatic heterocycles. The van der Waals surface area contributed by atoms with Crippen molar-refractivity contribution in [3.63, 3.8) is 0 Å². The molecule has 6 rings (SSSR count). The van der Waals surface area contributed by atoms with Gasteiger partial charge in [0.1, 0.15) is 6.04 Å². The van der Waals surface area contributed by atoms with Crippen molar-refractivity contribution in [2.75, 3.05) is 45.2 Å². The van der Waals surface area contributed by atoms with Crippen LogP contribution in [0.25, 0.3) is 22.2 Å². The summed E-state index contributed by atoms with van der Waals surface area (Å²) in [6.45, 7) is 4.62. The number of anilines is 1.